The number of morpholine rings is 1. The van der Waals surface area contributed by atoms with Crippen molar-refractivity contribution >= 4 is 5.96 Å². The molecule has 2 rings (SSSR count). The van der Waals surface area contributed by atoms with Crippen molar-refractivity contribution in [1.82, 2.24) is 15.1 Å². The summed E-state index contributed by atoms with van der Waals surface area (Å²) in [6, 6.07) is 0. The van der Waals surface area contributed by atoms with E-state index in [-0.39, 0.29) is 12.2 Å². The van der Waals surface area contributed by atoms with Crippen molar-refractivity contribution in [2.45, 2.75) is 44.8 Å². The zero-order chi connectivity index (χ0) is 16.5. The minimum atomic E-state index is 0.178. The molecule has 134 valence electrons. The molecule has 0 radical (unpaired) electrons. The van der Waals surface area contributed by atoms with Gasteiger partial charge in [0.25, 0.3) is 0 Å². The van der Waals surface area contributed by atoms with Gasteiger partial charge in [-0.2, -0.15) is 0 Å². The van der Waals surface area contributed by atoms with Crippen LogP contribution in [-0.2, 0) is 9.47 Å². The first-order valence-electron chi connectivity index (χ1n) is 9.12. The highest BCUT2D eigenvalue weighted by molar-refractivity contribution is 5.80. The van der Waals surface area contributed by atoms with Crippen molar-refractivity contribution in [2.75, 3.05) is 60.0 Å². The Morgan fingerprint density at radius 2 is 2.09 bits per heavy atom. The Kier molecular flexibility index (Phi) is 8.12. The predicted molar refractivity (Wildman–Crippen MR) is 94.1 cm³/mol. The monoisotopic (exact) mass is 326 g/mol. The summed E-state index contributed by atoms with van der Waals surface area (Å²) >= 11 is 0. The number of nitrogens with one attached hydrogen (secondary N) is 1. The number of likely N-dealkylation sites (N-methyl/N-ethyl adjacent to an activating group) is 1. The van der Waals surface area contributed by atoms with Gasteiger partial charge in [-0.05, 0) is 32.9 Å². The fourth-order valence-corrected chi connectivity index (χ4v) is 3.22. The van der Waals surface area contributed by atoms with Gasteiger partial charge in [0.2, 0.25) is 0 Å². The summed E-state index contributed by atoms with van der Waals surface area (Å²) < 4.78 is 11.7. The third-order valence-corrected chi connectivity index (χ3v) is 4.65. The average molecular weight is 326 g/mol. The van der Waals surface area contributed by atoms with Gasteiger partial charge in [-0.15, -0.1) is 0 Å². The number of hydrogen-bond donors (Lipinski definition) is 1. The summed E-state index contributed by atoms with van der Waals surface area (Å²) in [5, 5.41) is 3.50. The summed E-state index contributed by atoms with van der Waals surface area (Å²) in [4.78, 5) is 9.13. The van der Waals surface area contributed by atoms with Crippen LogP contribution < -0.4 is 5.32 Å². The lowest BCUT2D eigenvalue weighted by Crippen LogP contribution is -2.54. The van der Waals surface area contributed by atoms with E-state index in [0.717, 1.165) is 64.7 Å². The number of aliphatic imine (C=N–C) groups is 1. The Morgan fingerprint density at radius 1 is 1.26 bits per heavy atom. The number of hydrogen-bond acceptors (Lipinski definition) is 4. The molecule has 6 heteroatoms. The van der Waals surface area contributed by atoms with Crippen molar-refractivity contribution in [3.63, 3.8) is 0 Å². The predicted octanol–water partition coefficient (Wildman–Crippen LogP) is 1.17. The molecule has 2 aliphatic heterocycles. The molecule has 0 amide bonds. The van der Waals surface area contributed by atoms with Gasteiger partial charge in [0, 0.05) is 39.8 Å². The molecule has 2 atom stereocenters. The molecule has 1 N–H and O–H groups in total. The highest BCUT2D eigenvalue weighted by atomic mass is 16.5. The van der Waals surface area contributed by atoms with Gasteiger partial charge < -0.3 is 24.6 Å². The maximum absolute atomic E-state index is 5.92. The van der Waals surface area contributed by atoms with E-state index >= 15 is 0 Å². The lowest BCUT2D eigenvalue weighted by atomic mass is 10.1. The second kappa shape index (κ2) is 10.1. The highest BCUT2D eigenvalue weighted by Crippen LogP contribution is 2.20. The summed E-state index contributed by atoms with van der Waals surface area (Å²) in [5.41, 5.74) is 0. The van der Waals surface area contributed by atoms with E-state index < -0.39 is 0 Å². The van der Waals surface area contributed by atoms with Crippen molar-refractivity contribution in [2.24, 2.45) is 4.99 Å². The van der Waals surface area contributed by atoms with Crippen molar-refractivity contribution in [1.29, 1.82) is 0 Å². The lowest BCUT2D eigenvalue weighted by molar-refractivity contribution is -0.0817. The maximum Gasteiger partial charge on any atom is 0.193 e. The van der Waals surface area contributed by atoms with E-state index in [1.54, 1.807) is 0 Å². The van der Waals surface area contributed by atoms with Crippen molar-refractivity contribution < 1.29 is 9.47 Å². The Morgan fingerprint density at radius 3 is 2.78 bits per heavy atom. The topological polar surface area (TPSA) is 49.3 Å². The molecule has 2 saturated heterocycles. The van der Waals surface area contributed by atoms with Crippen molar-refractivity contribution in [3.05, 3.63) is 0 Å². The van der Waals surface area contributed by atoms with Crippen LogP contribution in [-0.4, -0.2) is 88.0 Å². The van der Waals surface area contributed by atoms with Gasteiger partial charge in [-0.25, -0.2) is 0 Å². The molecule has 0 aromatic carbocycles. The first kappa shape index (κ1) is 18.5. The smallest absolute Gasteiger partial charge is 0.193 e. The van der Waals surface area contributed by atoms with Gasteiger partial charge in [-0.1, -0.05) is 13.3 Å². The largest absolute Gasteiger partial charge is 0.375 e. The molecule has 0 spiro atoms. The number of unbranched alkanes of at least 4 members (excludes halogenated alkanes) is 1. The van der Waals surface area contributed by atoms with E-state index in [2.05, 4.69) is 34.1 Å². The summed E-state index contributed by atoms with van der Waals surface area (Å²) in [6.45, 7) is 8.76. The van der Waals surface area contributed by atoms with E-state index in [0.29, 0.717) is 0 Å². The second-order valence-corrected chi connectivity index (χ2v) is 6.54. The molecule has 0 aliphatic carbocycles. The van der Waals surface area contributed by atoms with Gasteiger partial charge in [0.15, 0.2) is 5.96 Å². The molecule has 0 aromatic heterocycles. The third kappa shape index (κ3) is 5.94. The Hall–Kier alpha value is -0.850. The quantitative estimate of drug-likeness (QED) is 0.562. The Labute approximate surface area is 141 Å². The van der Waals surface area contributed by atoms with Crippen LogP contribution in [0.4, 0.5) is 0 Å². The highest BCUT2D eigenvalue weighted by Gasteiger charge is 2.32. The maximum atomic E-state index is 5.92. The van der Waals surface area contributed by atoms with Crippen LogP contribution in [0, 0.1) is 0 Å². The number of ether oxygens (including phenoxy) is 2. The molecule has 0 saturated carbocycles. The van der Waals surface area contributed by atoms with Crippen LogP contribution in [0.15, 0.2) is 4.99 Å². The molecule has 0 aromatic rings. The van der Waals surface area contributed by atoms with Gasteiger partial charge >= 0.3 is 0 Å². The molecular weight excluding hydrogens is 292 g/mol. The lowest BCUT2D eigenvalue weighted by Gasteiger charge is -2.37. The molecule has 6 nitrogen and oxygen atoms in total. The fourth-order valence-electron chi connectivity index (χ4n) is 3.22. The van der Waals surface area contributed by atoms with E-state index in [1.807, 2.05) is 7.05 Å². The first-order chi connectivity index (χ1) is 11.2. The standard InChI is InChI=1S/C17H34N4O2/c1-4-5-9-20(3)10-8-19-17(18-2)21-11-13-23-16(14-21)15-7-6-12-22-15/h15-16H,4-14H2,1-3H3,(H,18,19). The van der Waals surface area contributed by atoms with E-state index in [4.69, 9.17) is 9.47 Å². The molecule has 2 aliphatic rings. The second-order valence-electron chi connectivity index (χ2n) is 6.54. The first-order valence-corrected chi connectivity index (χ1v) is 9.12. The van der Waals surface area contributed by atoms with Gasteiger partial charge in [0.1, 0.15) is 6.10 Å². The summed E-state index contributed by atoms with van der Waals surface area (Å²) in [5.74, 6) is 0.986. The van der Waals surface area contributed by atoms with Gasteiger partial charge in [0.05, 0.1) is 12.7 Å². The zero-order valence-corrected chi connectivity index (χ0v) is 15.1. The van der Waals surface area contributed by atoms with E-state index in [1.165, 1.54) is 12.8 Å². The number of guanidine groups is 1. The minimum Gasteiger partial charge on any atom is -0.375 e. The number of nitrogens with zero attached hydrogens (tertiary/aromatic N) is 3. The molecule has 23 heavy (non-hydrogen) atoms. The van der Waals surface area contributed by atoms with Crippen molar-refractivity contribution in [3.8, 4) is 0 Å². The molecular formula is C17H34N4O2. The normalized spacial score (nSPS) is 26.1. The van der Waals surface area contributed by atoms with Crippen LogP contribution in [0.5, 0.6) is 0 Å². The van der Waals surface area contributed by atoms with Crippen LogP contribution in [0.25, 0.3) is 0 Å². The van der Waals surface area contributed by atoms with Gasteiger partial charge in [-0.3, -0.25) is 4.99 Å². The Balaban J connectivity index is 1.74. The third-order valence-electron chi connectivity index (χ3n) is 4.65. The SMILES string of the molecule is CCCCN(C)CCNC(=NC)N1CCOC(C2CCCO2)C1. The van der Waals surface area contributed by atoms with E-state index in [9.17, 15) is 0 Å². The minimum absolute atomic E-state index is 0.178. The molecule has 2 heterocycles. The average Bonchev–Trinajstić information content (AvgIpc) is 3.11. The number of rotatable bonds is 7. The van der Waals surface area contributed by atoms with Crippen LogP contribution in [0.2, 0.25) is 0 Å². The summed E-state index contributed by atoms with van der Waals surface area (Å²) in [7, 11) is 4.04. The summed E-state index contributed by atoms with van der Waals surface area (Å²) in [6.07, 6.45) is 5.22. The van der Waals surface area contributed by atoms with Crippen LogP contribution in [0.3, 0.4) is 0 Å². The Bertz CT molecular complexity index is 359. The zero-order valence-electron chi connectivity index (χ0n) is 15.1. The molecule has 2 fully saturated rings. The fraction of sp³-hybridized carbons (Fsp3) is 0.941. The molecule has 2 unspecified atom stereocenters. The van der Waals surface area contributed by atoms with Crippen LogP contribution >= 0.6 is 0 Å². The molecule has 0 bridgehead atoms. The van der Waals surface area contributed by atoms with Crippen LogP contribution in [0.1, 0.15) is 32.6 Å².